The van der Waals surface area contributed by atoms with Gasteiger partial charge in [-0.15, -0.1) is 5.10 Å². The molecule has 1 aromatic heterocycles. The predicted octanol–water partition coefficient (Wildman–Crippen LogP) is 4.79. The average Bonchev–Trinajstić information content (AvgIpc) is 3.22. The highest BCUT2D eigenvalue weighted by atomic mass is 79.9. The number of aromatic nitrogens is 3. The smallest absolute Gasteiger partial charge is 0.237 e. The van der Waals surface area contributed by atoms with Crippen LogP contribution >= 0.6 is 39.1 Å². The number of piperidine rings is 1. The molecule has 0 N–H and O–H groups in total. The summed E-state index contributed by atoms with van der Waals surface area (Å²) >= 11 is 15.6. The molecule has 1 fully saturated rings. The molecule has 1 amide bonds. The van der Waals surface area contributed by atoms with E-state index in [1.165, 1.54) is 0 Å². The number of hydrogen-bond donors (Lipinski definition) is 0. The van der Waals surface area contributed by atoms with Crippen LogP contribution in [-0.4, -0.2) is 53.1 Å². The predicted molar refractivity (Wildman–Crippen MR) is 140 cm³/mol. The molecule has 11 heteroatoms. The first-order valence-electron chi connectivity index (χ1n) is 11.2. The zero-order valence-corrected chi connectivity index (χ0v) is 22.8. The number of carbonyl (C=O) groups excluding carboxylic acids is 1. The molecule has 0 unspecified atom stereocenters. The Morgan fingerprint density at radius 2 is 1.89 bits per heavy atom. The fourth-order valence-electron chi connectivity index (χ4n) is 4.23. The maximum absolute atomic E-state index is 12.7. The van der Waals surface area contributed by atoms with Crippen molar-refractivity contribution < 1.29 is 13.2 Å². The highest BCUT2D eigenvalue weighted by molar-refractivity contribution is 9.10. The van der Waals surface area contributed by atoms with Gasteiger partial charge in [0.2, 0.25) is 5.91 Å². The monoisotopic (exact) mass is 598 g/mol. The fraction of sp³-hybridized carbons (Fsp3) is 0.375. The number of likely N-dealkylation sites (tertiary alicyclic amines) is 1. The highest BCUT2D eigenvalue weighted by Gasteiger charge is 2.27. The zero-order valence-electron chi connectivity index (χ0n) is 18.9. The van der Waals surface area contributed by atoms with Crippen LogP contribution in [0.4, 0.5) is 0 Å². The van der Waals surface area contributed by atoms with Gasteiger partial charge in [-0.2, -0.15) is 0 Å². The van der Waals surface area contributed by atoms with Crippen molar-refractivity contribution in [1.82, 2.24) is 19.9 Å². The lowest BCUT2D eigenvalue weighted by Gasteiger charge is -2.31. The lowest BCUT2D eigenvalue weighted by atomic mass is 9.92. The summed E-state index contributed by atoms with van der Waals surface area (Å²) in [7, 11) is -3.54. The SMILES string of the molecule is O=C(CS(=O)(=O)Cc1cccc(Br)c1)N1CCC(Cc2cn(Cc3ccc(Cl)cc3Cl)nn2)CC1. The van der Waals surface area contributed by atoms with Crippen molar-refractivity contribution in [2.24, 2.45) is 5.92 Å². The number of hydrogen-bond acceptors (Lipinski definition) is 5. The average molecular weight is 600 g/mol. The minimum absolute atomic E-state index is 0.147. The van der Waals surface area contributed by atoms with E-state index < -0.39 is 15.6 Å². The van der Waals surface area contributed by atoms with Crippen molar-refractivity contribution in [3.8, 4) is 0 Å². The van der Waals surface area contributed by atoms with Crippen LogP contribution < -0.4 is 0 Å². The minimum atomic E-state index is -3.54. The van der Waals surface area contributed by atoms with Crippen LogP contribution in [0.2, 0.25) is 10.0 Å². The molecule has 1 aliphatic heterocycles. The van der Waals surface area contributed by atoms with Crippen LogP contribution in [-0.2, 0) is 33.4 Å². The van der Waals surface area contributed by atoms with Crippen LogP contribution in [0.25, 0.3) is 0 Å². The van der Waals surface area contributed by atoms with E-state index in [-0.39, 0.29) is 11.7 Å². The van der Waals surface area contributed by atoms with E-state index in [0.717, 1.165) is 35.0 Å². The van der Waals surface area contributed by atoms with Gasteiger partial charge in [-0.25, -0.2) is 13.1 Å². The molecule has 35 heavy (non-hydrogen) atoms. The Kier molecular flexibility index (Phi) is 8.52. The first kappa shape index (κ1) is 26.1. The standard InChI is InChI=1S/C24H25BrCl2N4O3S/c25-20-3-1-2-18(10-20)15-35(33,34)16-24(32)30-8-6-17(7-9-30)11-22-14-31(29-28-22)13-19-4-5-21(26)12-23(19)27/h1-5,10,12,14,17H,6-9,11,13,15-16H2. The molecule has 2 heterocycles. The molecule has 0 bridgehead atoms. The first-order chi connectivity index (χ1) is 16.7. The number of halogens is 3. The van der Waals surface area contributed by atoms with Gasteiger partial charge in [0.15, 0.2) is 9.84 Å². The summed E-state index contributed by atoms with van der Waals surface area (Å²) in [6, 6.07) is 12.5. The molecular weight excluding hydrogens is 575 g/mol. The summed E-state index contributed by atoms with van der Waals surface area (Å²) in [5.41, 5.74) is 2.46. The summed E-state index contributed by atoms with van der Waals surface area (Å²) in [4.78, 5) is 14.3. The molecule has 0 saturated carbocycles. The number of nitrogens with zero attached hydrogens (tertiary/aromatic N) is 4. The van der Waals surface area contributed by atoms with Gasteiger partial charge < -0.3 is 4.90 Å². The number of benzene rings is 2. The first-order valence-corrected chi connectivity index (χ1v) is 14.6. The van der Waals surface area contributed by atoms with Gasteiger partial charge in [-0.05, 0) is 60.6 Å². The van der Waals surface area contributed by atoms with E-state index >= 15 is 0 Å². The van der Waals surface area contributed by atoms with E-state index in [0.29, 0.717) is 41.2 Å². The summed E-state index contributed by atoms with van der Waals surface area (Å²) in [6.07, 6.45) is 4.27. The minimum Gasteiger partial charge on any atom is -0.342 e. The van der Waals surface area contributed by atoms with E-state index in [9.17, 15) is 13.2 Å². The lowest BCUT2D eigenvalue weighted by Crippen LogP contribution is -2.41. The number of carbonyl (C=O) groups is 1. The molecule has 0 atom stereocenters. The van der Waals surface area contributed by atoms with Crippen molar-refractivity contribution >= 4 is 54.9 Å². The molecule has 7 nitrogen and oxygen atoms in total. The van der Waals surface area contributed by atoms with Crippen LogP contribution in [0.5, 0.6) is 0 Å². The van der Waals surface area contributed by atoms with Crippen LogP contribution in [0.1, 0.15) is 29.7 Å². The second-order valence-corrected chi connectivity index (χ2v) is 12.7. The molecule has 0 radical (unpaired) electrons. The Bertz CT molecular complexity index is 1310. The Hall–Kier alpha value is -1.94. The van der Waals surface area contributed by atoms with E-state index in [1.54, 1.807) is 39.9 Å². The largest absolute Gasteiger partial charge is 0.342 e. The van der Waals surface area contributed by atoms with E-state index in [2.05, 4.69) is 26.2 Å². The van der Waals surface area contributed by atoms with Gasteiger partial charge >= 0.3 is 0 Å². The Morgan fingerprint density at radius 3 is 2.60 bits per heavy atom. The molecule has 3 aromatic rings. The Morgan fingerprint density at radius 1 is 1.11 bits per heavy atom. The maximum atomic E-state index is 12.7. The molecule has 4 rings (SSSR count). The summed E-state index contributed by atoms with van der Waals surface area (Å²) < 4.78 is 27.7. The third-order valence-electron chi connectivity index (χ3n) is 6.02. The lowest BCUT2D eigenvalue weighted by molar-refractivity contribution is -0.129. The van der Waals surface area contributed by atoms with Gasteiger partial charge in [0.05, 0.1) is 18.0 Å². The Balaban J connectivity index is 1.25. The molecule has 0 spiro atoms. The number of sulfone groups is 1. The van der Waals surface area contributed by atoms with Gasteiger partial charge in [-0.3, -0.25) is 4.79 Å². The second-order valence-electron chi connectivity index (χ2n) is 8.83. The van der Waals surface area contributed by atoms with Gasteiger partial charge in [-0.1, -0.05) is 62.5 Å². The van der Waals surface area contributed by atoms with Crippen LogP contribution in [0.3, 0.4) is 0 Å². The van der Waals surface area contributed by atoms with Crippen molar-refractivity contribution in [1.29, 1.82) is 0 Å². The van der Waals surface area contributed by atoms with Crippen molar-refractivity contribution in [3.63, 3.8) is 0 Å². The molecule has 1 aliphatic rings. The van der Waals surface area contributed by atoms with E-state index in [4.69, 9.17) is 23.2 Å². The third-order valence-corrected chi connectivity index (χ3v) is 8.56. The zero-order chi connectivity index (χ0) is 25.0. The van der Waals surface area contributed by atoms with Gasteiger partial charge in [0.25, 0.3) is 0 Å². The van der Waals surface area contributed by atoms with Gasteiger partial charge in [0, 0.05) is 33.8 Å². The Labute approximate surface area is 223 Å². The summed E-state index contributed by atoms with van der Waals surface area (Å²) in [5.74, 6) is -0.581. The van der Waals surface area contributed by atoms with Crippen molar-refractivity contribution in [2.75, 3.05) is 18.8 Å². The molecule has 1 saturated heterocycles. The topological polar surface area (TPSA) is 85.2 Å². The summed E-state index contributed by atoms with van der Waals surface area (Å²) in [5, 5.41) is 9.66. The maximum Gasteiger partial charge on any atom is 0.237 e. The van der Waals surface area contributed by atoms with Crippen molar-refractivity contribution in [2.45, 2.75) is 31.6 Å². The van der Waals surface area contributed by atoms with Gasteiger partial charge in [0.1, 0.15) is 5.75 Å². The normalized spacial score (nSPS) is 14.9. The highest BCUT2D eigenvalue weighted by Crippen LogP contribution is 2.24. The fourth-order valence-corrected chi connectivity index (χ4v) is 6.49. The molecule has 2 aromatic carbocycles. The second kappa shape index (κ2) is 11.4. The van der Waals surface area contributed by atoms with Crippen LogP contribution in [0, 0.1) is 5.92 Å². The molecule has 186 valence electrons. The van der Waals surface area contributed by atoms with E-state index in [1.807, 2.05) is 18.3 Å². The number of rotatable bonds is 8. The molecular formula is C24H25BrCl2N4O3S. The van der Waals surface area contributed by atoms with Crippen molar-refractivity contribution in [3.05, 3.63) is 80.0 Å². The quantitative estimate of drug-likeness (QED) is 0.372. The molecule has 0 aliphatic carbocycles. The number of amides is 1. The summed E-state index contributed by atoms with van der Waals surface area (Å²) in [6.45, 7) is 1.60. The van der Waals surface area contributed by atoms with Crippen LogP contribution in [0.15, 0.2) is 53.1 Å². The third kappa shape index (κ3) is 7.52.